The standard InChI is InChI=1S/C16H18N4O/c1-21-16-6-8-20(9-7-16)15-4-2-14(3-5-15)19-12-13(10-17)11-18/h2-5,12,16,19H,6-9H2,1H3. The van der Waals surface area contributed by atoms with Gasteiger partial charge < -0.3 is 15.0 Å². The Hall–Kier alpha value is -2.50. The first-order valence-electron chi connectivity index (χ1n) is 6.91. The lowest BCUT2D eigenvalue weighted by Gasteiger charge is -2.33. The van der Waals surface area contributed by atoms with Gasteiger partial charge in [0.15, 0.2) is 0 Å². The largest absolute Gasteiger partial charge is 0.381 e. The van der Waals surface area contributed by atoms with Gasteiger partial charge in [-0.2, -0.15) is 10.5 Å². The van der Waals surface area contributed by atoms with Crippen LogP contribution < -0.4 is 10.2 Å². The first-order chi connectivity index (χ1) is 10.3. The second-order valence-corrected chi connectivity index (χ2v) is 4.89. The lowest BCUT2D eigenvalue weighted by Crippen LogP contribution is -2.36. The van der Waals surface area contributed by atoms with Crippen LogP contribution in [0.15, 0.2) is 36.0 Å². The molecule has 21 heavy (non-hydrogen) atoms. The Morgan fingerprint density at radius 1 is 1.24 bits per heavy atom. The maximum atomic E-state index is 8.66. The summed E-state index contributed by atoms with van der Waals surface area (Å²) in [5.74, 6) is 0. The van der Waals surface area contributed by atoms with Crippen LogP contribution in [-0.4, -0.2) is 26.3 Å². The summed E-state index contributed by atoms with van der Waals surface area (Å²) in [6.07, 6.45) is 3.89. The quantitative estimate of drug-likeness (QED) is 0.859. The number of hydrogen-bond donors (Lipinski definition) is 1. The maximum Gasteiger partial charge on any atom is 0.145 e. The Labute approximate surface area is 125 Å². The smallest absolute Gasteiger partial charge is 0.145 e. The molecule has 0 unspecified atom stereocenters. The molecule has 1 fully saturated rings. The van der Waals surface area contributed by atoms with Crippen molar-refractivity contribution in [1.82, 2.24) is 0 Å². The van der Waals surface area contributed by atoms with Crippen LogP contribution in [0, 0.1) is 22.7 Å². The molecule has 0 radical (unpaired) electrons. The fourth-order valence-electron chi connectivity index (χ4n) is 2.36. The van der Waals surface area contributed by atoms with Crippen molar-refractivity contribution in [3.05, 3.63) is 36.0 Å². The summed E-state index contributed by atoms with van der Waals surface area (Å²) < 4.78 is 5.37. The van der Waals surface area contributed by atoms with Gasteiger partial charge in [-0.05, 0) is 37.1 Å². The number of hydrogen-bond acceptors (Lipinski definition) is 5. The predicted octanol–water partition coefficient (Wildman–Crippen LogP) is 2.64. The third-order valence-electron chi connectivity index (χ3n) is 3.63. The third-order valence-corrected chi connectivity index (χ3v) is 3.63. The molecule has 0 atom stereocenters. The molecule has 1 aromatic carbocycles. The summed E-state index contributed by atoms with van der Waals surface area (Å²) in [5, 5.41) is 20.3. The number of ether oxygens (including phenoxy) is 1. The molecule has 1 saturated heterocycles. The molecule has 0 aromatic heterocycles. The van der Waals surface area contributed by atoms with Crippen LogP contribution in [-0.2, 0) is 4.74 Å². The number of nitrogens with zero attached hydrogens (tertiary/aromatic N) is 3. The minimum Gasteiger partial charge on any atom is -0.381 e. The molecule has 1 N–H and O–H groups in total. The second-order valence-electron chi connectivity index (χ2n) is 4.89. The highest BCUT2D eigenvalue weighted by molar-refractivity contribution is 5.57. The minimum absolute atomic E-state index is 0.0562. The number of rotatable bonds is 4. The highest BCUT2D eigenvalue weighted by atomic mass is 16.5. The molecular weight excluding hydrogens is 264 g/mol. The lowest BCUT2D eigenvalue weighted by atomic mass is 10.1. The molecule has 0 spiro atoms. The van der Waals surface area contributed by atoms with Gasteiger partial charge >= 0.3 is 0 Å². The van der Waals surface area contributed by atoms with E-state index in [-0.39, 0.29) is 5.57 Å². The van der Waals surface area contributed by atoms with Gasteiger partial charge in [0.1, 0.15) is 17.7 Å². The predicted molar refractivity (Wildman–Crippen MR) is 81.6 cm³/mol. The number of nitriles is 2. The van der Waals surface area contributed by atoms with Gasteiger partial charge in [-0.1, -0.05) is 0 Å². The zero-order chi connectivity index (χ0) is 15.1. The Kier molecular flexibility index (Phi) is 5.20. The van der Waals surface area contributed by atoms with Crippen molar-refractivity contribution in [2.45, 2.75) is 18.9 Å². The van der Waals surface area contributed by atoms with E-state index < -0.39 is 0 Å². The van der Waals surface area contributed by atoms with Crippen LogP contribution >= 0.6 is 0 Å². The van der Waals surface area contributed by atoms with Crippen LogP contribution in [0.5, 0.6) is 0 Å². The first kappa shape index (κ1) is 14.9. The van der Waals surface area contributed by atoms with Gasteiger partial charge in [0.05, 0.1) is 6.10 Å². The summed E-state index contributed by atoms with van der Waals surface area (Å²) >= 11 is 0. The van der Waals surface area contributed by atoms with E-state index in [0.717, 1.165) is 31.6 Å². The highest BCUT2D eigenvalue weighted by Crippen LogP contribution is 2.22. The Balaban J connectivity index is 1.95. The lowest BCUT2D eigenvalue weighted by molar-refractivity contribution is 0.0819. The van der Waals surface area contributed by atoms with Crippen molar-refractivity contribution in [2.24, 2.45) is 0 Å². The summed E-state index contributed by atoms with van der Waals surface area (Å²) in [6, 6.07) is 11.6. The average molecular weight is 282 g/mol. The van der Waals surface area contributed by atoms with E-state index in [2.05, 4.69) is 10.2 Å². The van der Waals surface area contributed by atoms with Gasteiger partial charge in [0, 0.05) is 37.8 Å². The van der Waals surface area contributed by atoms with E-state index in [1.165, 1.54) is 11.9 Å². The molecule has 2 rings (SSSR count). The third kappa shape index (κ3) is 3.98. The molecule has 108 valence electrons. The maximum absolute atomic E-state index is 8.66. The summed E-state index contributed by atoms with van der Waals surface area (Å²) in [5.41, 5.74) is 2.09. The summed E-state index contributed by atoms with van der Waals surface area (Å²) in [6.45, 7) is 2.00. The molecular formula is C16H18N4O. The topological polar surface area (TPSA) is 72.1 Å². The number of anilines is 2. The molecule has 0 aliphatic carbocycles. The van der Waals surface area contributed by atoms with Crippen LogP contribution in [0.2, 0.25) is 0 Å². The normalized spacial score (nSPS) is 14.9. The van der Waals surface area contributed by atoms with Crippen molar-refractivity contribution in [2.75, 3.05) is 30.4 Å². The number of allylic oxidation sites excluding steroid dienone is 1. The SMILES string of the molecule is COC1CCN(c2ccc(NC=C(C#N)C#N)cc2)CC1. The first-order valence-corrected chi connectivity index (χ1v) is 6.91. The van der Waals surface area contributed by atoms with Gasteiger partial charge in [0.2, 0.25) is 0 Å². The average Bonchev–Trinajstić information content (AvgIpc) is 2.56. The number of methoxy groups -OCH3 is 1. The fraction of sp³-hybridized carbons (Fsp3) is 0.375. The van der Waals surface area contributed by atoms with Gasteiger partial charge in [-0.15, -0.1) is 0 Å². The number of piperidine rings is 1. The zero-order valence-corrected chi connectivity index (χ0v) is 12.0. The van der Waals surface area contributed by atoms with Crippen LogP contribution in [0.3, 0.4) is 0 Å². The molecule has 1 heterocycles. The van der Waals surface area contributed by atoms with Crippen LogP contribution in [0.25, 0.3) is 0 Å². The van der Waals surface area contributed by atoms with Crippen LogP contribution in [0.1, 0.15) is 12.8 Å². The Bertz CT molecular complexity index is 556. The molecule has 0 bridgehead atoms. The highest BCUT2D eigenvalue weighted by Gasteiger charge is 2.18. The fourth-order valence-corrected chi connectivity index (χ4v) is 2.36. The van der Waals surface area contributed by atoms with Gasteiger partial charge in [-0.25, -0.2) is 0 Å². The van der Waals surface area contributed by atoms with Gasteiger partial charge in [0.25, 0.3) is 0 Å². The van der Waals surface area contributed by atoms with E-state index in [0.29, 0.717) is 6.10 Å². The molecule has 1 aliphatic rings. The van der Waals surface area contributed by atoms with E-state index in [1.54, 1.807) is 7.11 Å². The van der Waals surface area contributed by atoms with Crippen molar-refractivity contribution < 1.29 is 4.74 Å². The second kappa shape index (κ2) is 7.33. The molecule has 1 aliphatic heterocycles. The van der Waals surface area contributed by atoms with Crippen molar-refractivity contribution in [3.63, 3.8) is 0 Å². The van der Waals surface area contributed by atoms with E-state index in [1.807, 2.05) is 36.4 Å². The van der Waals surface area contributed by atoms with Crippen molar-refractivity contribution in [1.29, 1.82) is 10.5 Å². The minimum atomic E-state index is 0.0562. The Morgan fingerprint density at radius 3 is 2.38 bits per heavy atom. The van der Waals surface area contributed by atoms with E-state index >= 15 is 0 Å². The van der Waals surface area contributed by atoms with E-state index in [9.17, 15) is 0 Å². The van der Waals surface area contributed by atoms with Crippen molar-refractivity contribution in [3.8, 4) is 12.1 Å². The zero-order valence-electron chi connectivity index (χ0n) is 12.0. The number of nitrogens with one attached hydrogen (secondary N) is 1. The monoisotopic (exact) mass is 282 g/mol. The van der Waals surface area contributed by atoms with Crippen molar-refractivity contribution >= 4 is 11.4 Å². The summed E-state index contributed by atoms with van der Waals surface area (Å²) in [4.78, 5) is 2.34. The molecule has 5 nitrogen and oxygen atoms in total. The summed E-state index contributed by atoms with van der Waals surface area (Å²) in [7, 11) is 1.77. The molecule has 0 saturated carbocycles. The van der Waals surface area contributed by atoms with Gasteiger partial charge in [-0.3, -0.25) is 0 Å². The number of benzene rings is 1. The van der Waals surface area contributed by atoms with E-state index in [4.69, 9.17) is 15.3 Å². The Morgan fingerprint density at radius 2 is 1.86 bits per heavy atom. The molecule has 0 amide bonds. The molecule has 5 heteroatoms. The van der Waals surface area contributed by atoms with Crippen LogP contribution in [0.4, 0.5) is 11.4 Å². The molecule has 1 aromatic rings.